The van der Waals surface area contributed by atoms with Crippen molar-refractivity contribution in [3.05, 3.63) is 18.2 Å². The fourth-order valence-corrected chi connectivity index (χ4v) is 4.14. The predicted molar refractivity (Wildman–Crippen MR) is 76.0 cm³/mol. The molecule has 1 aliphatic rings. The fourth-order valence-electron chi connectivity index (χ4n) is 2.52. The Morgan fingerprint density at radius 3 is 3.00 bits per heavy atom. The van der Waals surface area contributed by atoms with Crippen LogP contribution in [0.2, 0.25) is 0 Å². The molecule has 1 atom stereocenters. The standard InChI is InChI=1S/C13H21N3O3S/c1-10(2)8-20(18,19)9-13(17)15-11-3-4-12-14-5-6-16(12)7-11/h5-6,10-11H,3-4,7-9H2,1-2H3,(H,15,17)/t11-/m0/s1. The monoisotopic (exact) mass is 299 g/mol. The van der Waals surface area contributed by atoms with Crippen molar-refractivity contribution in [2.75, 3.05) is 11.5 Å². The van der Waals surface area contributed by atoms with Crippen LogP contribution in [0.5, 0.6) is 0 Å². The molecule has 1 aromatic heterocycles. The van der Waals surface area contributed by atoms with Gasteiger partial charge in [-0.3, -0.25) is 4.79 Å². The van der Waals surface area contributed by atoms with Crippen molar-refractivity contribution in [2.45, 2.75) is 39.3 Å². The highest BCUT2D eigenvalue weighted by atomic mass is 32.2. The number of fused-ring (bicyclic) bond motifs is 1. The van der Waals surface area contributed by atoms with Crippen LogP contribution in [0.1, 0.15) is 26.1 Å². The summed E-state index contributed by atoms with van der Waals surface area (Å²) in [6, 6.07) is -0.0153. The van der Waals surface area contributed by atoms with E-state index in [4.69, 9.17) is 0 Å². The predicted octanol–water partition coefficient (Wildman–Crippen LogP) is 0.385. The Balaban J connectivity index is 1.87. The topological polar surface area (TPSA) is 81.1 Å². The molecule has 112 valence electrons. The minimum absolute atomic E-state index is 0.0153. The second-order valence-electron chi connectivity index (χ2n) is 5.75. The first-order chi connectivity index (χ1) is 9.35. The first-order valence-corrected chi connectivity index (χ1v) is 8.67. The van der Waals surface area contributed by atoms with E-state index in [1.807, 2.05) is 24.6 Å². The maximum Gasteiger partial charge on any atom is 0.235 e. The van der Waals surface area contributed by atoms with Crippen LogP contribution in [0.3, 0.4) is 0 Å². The number of amides is 1. The van der Waals surface area contributed by atoms with Crippen LogP contribution in [0.25, 0.3) is 0 Å². The molecule has 0 spiro atoms. The third-order valence-corrected chi connectivity index (χ3v) is 5.12. The molecular formula is C13H21N3O3S. The first kappa shape index (κ1) is 15.0. The average molecular weight is 299 g/mol. The molecule has 0 bridgehead atoms. The Bertz CT molecular complexity index is 577. The molecule has 0 radical (unpaired) electrons. The van der Waals surface area contributed by atoms with Crippen LogP contribution in [0.15, 0.2) is 12.4 Å². The molecule has 1 aliphatic heterocycles. The number of sulfone groups is 1. The molecule has 2 heterocycles. The Hall–Kier alpha value is -1.37. The number of nitrogens with one attached hydrogen (secondary N) is 1. The summed E-state index contributed by atoms with van der Waals surface area (Å²) in [5.41, 5.74) is 0. The Morgan fingerprint density at radius 2 is 2.30 bits per heavy atom. The van der Waals surface area contributed by atoms with Gasteiger partial charge in [0.05, 0.1) is 5.75 Å². The average Bonchev–Trinajstić information content (AvgIpc) is 2.72. The number of imidazole rings is 1. The molecule has 0 unspecified atom stereocenters. The molecule has 0 saturated carbocycles. The van der Waals surface area contributed by atoms with E-state index in [1.165, 1.54) is 0 Å². The van der Waals surface area contributed by atoms with Gasteiger partial charge in [-0.05, 0) is 12.3 Å². The van der Waals surface area contributed by atoms with Gasteiger partial charge in [0.15, 0.2) is 9.84 Å². The number of aryl methyl sites for hydroxylation is 1. The molecule has 0 aromatic carbocycles. The first-order valence-electron chi connectivity index (χ1n) is 6.85. The molecular weight excluding hydrogens is 278 g/mol. The molecule has 1 amide bonds. The third kappa shape index (κ3) is 4.06. The maximum absolute atomic E-state index is 11.8. The van der Waals surface area contributed by atoms with Gasteiger partial charge >= 0.3 is 0 Å². The van der Waals surface area contributed by atoms with E-state index in [0.29, 0.717) is 6.54 Å². The van der Waals surface area contributed by atoms with E-state index in [0.717, 1.165) is 18.7 Å². The Morgan fingerprint density at radius 1 is 1.55 bits per heavy atom. The summed E-state index contributed by atoms with van der Waals surface area (Å²) < 4.78 is 25.5. The summed E-state index contributed by atoms with van der Waals surface area (Å²) >= 11 is 0. The van der Waals surface area contributed by atoms with E-state index in [-0.39, 0.29) is 17.7 Å². The zero-order valence-corrected chi connectivity index (χ0v) is 12.7. The van der Waals surface area contributed by atoms with Crippen molar-refractivity contribution >= 4 is 15.7 Å². The van der Waals surface area contributed by atoms with Gasteiger partial charge in [0.2, 0.25) is 5.91 Å². The van der Waals surface area contributed by atoms with Gasteiger partial charge in [-0.1, -0.05) is 13.8 Å². The summed E-state index contributed by atoms with van der Waals surface area (Å²) in [5.74, 6) is 0.285. The second kappa shape index (κ2) is 5.95. The highest BCUT2D eigenvalue weighted by Gasteiger charge is 2.23. The third-order valence-electron chi connectivity index (χ3n) is 3.24. The highest BCUT2D eigenvalue weighted by molar-refractivity contribution is 7.92. The minimum atomic E-state index is -3.31. The Kier molecular flexibility index (Phi) is 4.47. The number of hydrogen-bond donors (Lipinski definition) is 1. The lowest BCUT2D eigenvalue weighted by Crippen LogP contribution is -2.43. The second-order valence-corrected chi connectivity index (χ2v) is 7.86. The summed E-state index contributed by atoms with van der Waals surface area (Å²) in [7, 11) is -3.31. The molecule has 0 fully saturated rings. The van der Waals surface area contributed by atoms with E-state index < -0.39 is 21.5 Å². The molecule has 1 N–H and O–H groups in total. The quantitative estimate of drug-likeness (QED) is 0.852. The van der Waals surface area contributed by atoms with Gasteiger partial charge in [0.1, 0.15) is 11.6 Å². The molecule has 0 saturated heterocycles. The molecule has 1 aromatic rings. The number of rotatable bonds is 5. The van der Waals surface area contributed by atoms with Gasteiger partial charge in [-0.25, -0.2) is 13.4 Å². The van der Waals surface area contributed by atoms with Gasteiger partial charge in [0.25, 0.3) is 0 Å². The smallest absolute Gasteiger partial charge is 0.235 e. The van der Waals surface area contributed by atoms with Crippen LogP contribution in [0.4, 0.5) is 0 Å². The summed E-state index contributed by atoms with van der Waals surface area (Å²) in [6.07, 6.45) is 5.22. The minimum Gasteiger partial charge on any atom is -0.351 e. The lowest BCUT2D eigenvalue weighted by atomic mass is 10.1. The number of aromatic nitrogens is 2. The van der Waals surface area contributed by atoms with Crippen LogP contribution in [-0.2, 0) is 27.6 Å². The van der Waals surface area contributed by atoms with E-state index >= 15 is 0 Å². The van der Waals surface area contributed by atoms with Crippen LogP contribution < -0.4 is 5.32 Å². The van der Waals surface area contributed by atoms with E-state index in [9.17, 15) is 13.2 Å². The van der Waals surface area contributed by atoms with Gasteiger partial charge in [0, 0.05) is 31.4 Å². The van der Waals surface area contributed by atoms with Crippen molar-refractivity contribution in [1.82, 2.24) is 14.9 Å². The number of hydrogen-bond acceptors (Lipinski definition) is 4. The number of nitrogens with zero attached hydrogens (tertiary/aromatic N) is 2. The molecule has 20 heavy (non-hydrogen) atoms. The molecule has 2 rings (SSSR count). The van der Waals surface area contributed by atoms with Crippen molar-refractivity contribution in [3.63, 3.8) is 0 Å². The fraction of sp³-hybridized carbons (Fsp3) is 0.692. The molecule has 0 aliphatic carbocycles. The van der Waals surface area contributed by atoms with Gasteiger partial charge in [-0.15, -0.1) is 0 Å². The number of carbonyl (C=O) groups excluding carboxylic acids is 1. The highest BCUT2D eigenvalue weighted by Crippen LogP contribution is 2.13. The normalized spacial score (nSPS) is 18.9. The zero-order chi connectivity index (χ0) is 14.8. The van der Waals surface area contributed by atoms with Crippen LogP contribution >= 0.6 is 0 Å². The van der Waals surface area contributed by atoms with Crippen molar-refractivity contribution in [2.24, 2.45) is 5.92 Å². The number of carbonyl (C=O) groups is 1. The van der Waals surface area contributed by atoms with Crippen LogP contribution in [-0.4, -0.2) is 41.4 Å². The molecule has 6 nitrogen and oxygen atoms in total. The maximum atomic E-state index is 11.8. The van der Waals surface area contributed by atoms with E-state index in [1.54, 1.807) is 6.20 Å². The molecule has 7 heteroatoms. The SMILES string of the molecule is CC(C)CS(=O)(=O)CC(=O)N[C@H]1CCc2nccn2C1. The van der Waals surface area contributed by atoms with Crippen molar-refractivity contribution in [3.8, 4) is 0 Å². The van der Waals surface area contributed by atoms with Gasteiger partial charge in [-0.2, -0.15) is 0 Å². The summed E-state index contributed by atoms with van der Waals surface area (Å²) in [4.78, 5) is 16.1. The van der Waals surface area contributed by atoms with Crippen LogP contribution in [0, 0.1) is 5.92 Å². The summed E-state index contributed by atoms with van der Waals surface area (Å²) in [6.45, 7) is 4.32. The van der Waals surface area contributed by atoms with E-state index in [2.05, 4.69) is 10.3 Å². The van der Waals surface area contributed by atoms with Crippen molar-refractivity contribution < 1.29 is 13.2 Å². The lowest BCUT2D eigenvalue weighted by molar-refractivity contribution is -0.119. The largest absolute Gasteiger partial charge is 0.351 e. The van der Waals surface area contributed by atoms with Crippen molar-refractivity contribution in [1.29, 1.82) is 0 Å². The lowest BCUT2D eigenvalue weighted by Gasteiger charge is -2.24. The summed E-state index contributed by atoms with van der Waals surface area (Å²) in [5, 5.41) is 2.81. The Labute approximate surface area is 119 Å². The zero-order valence-electron chi connectivity index (χ0n) is 11.9. The van der Waals surface area contributed by atoms with Gasteiger partial charge < -0.3 is 9.88 Å².